The molecule has 2 nitrogen and oxygen atoms in total. The second-order valence-electron chi connectivity index (χ2n) is 6.83. The van der Waals surface area contributed by atoms with Gasteiger partial charge in [0, 0.05) is 25.2 Å². The van der Waals surface area contributed by atoms with Crippen LogP contribution in [0.25, 0.3) is 0 Å². The zero-order chi connectivity index (χ0) is 14.5. The molecule has 1 aliphatic heterocycles. The monoisotopic (exact) mass is 286 g/mol. The first-order chi connectivity index (χ1) is 10.4. The molecule has 0 radical (unpaired) electrons. The van der Waals surface area contributed by atoms with Crippen molar-refractivity contribution in [1.82, 2.24) is 10.2 Å². The van der Waals surface area contributed by atoms with Crippen molar-refractivity contribution in [2.45, 2.75) is 57.5 Å². The van der Waals surface area contributed by atoms with E-state index in [1.807, 2.05) is 0 Å². The zero-order valence-electron chi connectivity index (χ0n) is 13.4. The van der Waals surface area contributed by atoms with Gasteiger partial charge >= 0.3 is 0 Å². The molecule has 0 aromatic heterocycles. The predicted molar refractivity (Wildman–Crippen MR) is 89.4 cm³/mol. The maximum Gasteiger partial charge on any atom is 0.0449 e. The molecule has 1 aromatic carbocycles. The van der Waals surface area contributed by atoms with Gasteiger partial charge < -0.3 is 5.32 Å². The number of unbranched alkanes of at least 4 members (excludes halogenated alkanes) is 3. The summed E-state index contributed by atoms with van der Waals surface area (Å²) in [5.74, 6) is 0.973. The Kier molecular flexibility index (Phi) is 5.32. The maximum absolute atomic E-state index is 3.80. The maximum atomic E-state index is 3.80. The molecule has 0 spiro atoms. The minimum Gasteiger partial charge on any atom is -0.307 e. The normalized spacial score (nSPS) is 26.9. The fourth-order valence-electron chi connectivity index (χ4n) is 3.68. The summed E-state index contributed by atoms with van der Waals surface area (Å²) in [7, 11) is 0. The van der Waals surface area contributed by atoms with Crippen LogP contribution in [0.1, 0.15) is 57.1 Å². The Morgan fingerprint density at radius 3 is 2.62 bits per heavy atom. The van der Waals surface area contributed by atoms with E-state index in [2.05, 4.69) is 47.5 Å². The first-order valence-corrected chi connectivity index (χ1v) is 8.91. The lowest BCUT2D eigenvalue weighted by molar-refractivity contribution is 0.112. The lowest BCUT2D eigenvalue weighted by atomic mass is 9.99. The van der Waals surface area contributed by atoms with Crippen LogP contribution in [-0.2, 0) is 0 Å². The Balaban J connectivity index is 1.58. The van der Waals surface area contributed by atoms with Crippen LogP contribution >= 0.6 is 0 Å². The summed E-state index contributed by atoms with van der Waals surface area (Å²) < 4.78 is 0. The van der Waals surface area contributed by atoms with E-state index in [0.29, 0.717) is 6.04 Å². The van der Waals surface area contributed by atoms with Crippen molar-refractivity contribution in [2.24, 2.45) is 5.92 Å². The Bertz CT molecular complexity index is 413. The second-order valence-corrected chi connectivity index (χ2v) is 6.83. The summed E-state index contributed by atoms with van der Waals surface area (Å²) in [4.78, 5) is 2.79. The molecule has 116 valence electrons. The molecule has 1 N–H and O–H groups in total. The number of hydrogen-bond acceptors (Lipinski definition) is 2. The summed E-state index contributed by atoms with van der Waals surface area (Å²) in [5, 5.41) is 3.80. The van der Waals surface area contributed by atoms with Gasteiger partial charge in [0.1, 0.15) is 0 Å². The molecule has 2 unspecified atom stereocenters. The van der Waals surface area contributed by atoms with Gasteiger partial charge in [-0.2, -0.15) is 0 Å². The number of rotatable bonds is 7. The topological polar surface area (TPSA) is 15.3 Å². The van der Waals surface area contributed by atoms with Crippen LogP contribution in [0.15, 0.2) is 30.3 Å². The smallest absolute Gasteiger partial charge is 0.0449 e. The third kappa shape index (κ3) is 4.08. The first-order valence-electron chi connectivity index (χ1n) is 8.91. The largest absolute Gasteiger partial charge is 0.307 e. The van der Waals surface area contributed by atoms with Gasteiger partial charge in [0.25, 0.3) is 0 Å². The molecule has 1 heterocycles. The SMILES string of the molecule is CCCCCCN1CC(c2ccccc2)NCC1C1CC1. The van der Waals surface area contributed by atoms with Gasteiger partial charge in [0.2, 0.25) is 0 Å². The lowest BCUT2D eigenvalue weighted by Crippen LogP contribution is -2.53. The van der Waals surface area contributed by atoms with Gasteiger partial charge in [-0.05, 0) is 37.3 Å². The molecule has 2 fully saturated rings. The molecular weight excluding hydrogens is 256 g/mol. The highest BCUT2D eigenvalue weighted by atomic mass is 15.2. The molecule has 3 rings (SSSR count). The fraction of sp³-hybridized carbons (Fsp3) is 0.684. The lowest BCUT2D eigenvalue weighted by Gasteiger charge is -2.41. The van der Waals surface area contributed by atoms with Crippen molar-refractivity contribution in [1.29, 1.82) is 0 Å². The Hall–Kier alpha value is -0.860. The molecular formula is C19H30N2. The minimum absolute atomic E-state index is 0.521. The molecule has 1 saturated carbocycles. The van der Waals surface area contributed by atoms with E-state index >= 15 is 0 Å². The molecule has 2 aliphatic rings. The van der Waals surface area contributed by atoms with E-state index in [0.717, 1.165) is 12.0 Å². The van der Waals surface area contributed by atoms with Crippen molar-refractivity contribution in [3.8, 4) is 0 Å². The van der Waals surface area contributed by atoms with Gasteiger partial charge in [-0.25, -0.2) is 0 Å². The second kappa shape index (κ2) is 7.42. The Labute approximate surface area is 129 Å². The van der Waals surface area contributed by atoms with Gasteiger partial charge in [-0.15, -0.1) is 0 Å². The zero-order valence-corrected chi connectivity index (χ0v) is 13.4. The summed E-state index contributed by atoms with van der Waals surface area (Å²) in [6, 6.07) is 12.3. The van der Waals surface area contributed by atoms with Crippen LogP contribution in [0.4, 0.5) is 0 Å². The molecule has 1 aromatic rings. The molecule has 0 amide bonds. The quantitative estimate of drug-likeness (QED) is 0.762. The number of nitrogens with one attached hydrogen (secondary N) is 1. The first kappa shape index (κ1) is 15.1. The van der Waals surface area contributed by atoms with E-state index in [1.54, 1.807) is 0 Å². The minimum atomic E-state index is 0.521. The highest BCUT2D eigenvalue weighted by Crippen LogP contribution is 2.37. The highest BCUT2D eigenvalue weighted by Gasteiger charge is 2.38. The number of nitrogens with zero attached hydrogens (tertiary/aromatic N) is 1. The van der Waals surface area contributed by atoms with Crippen molar-refractivity contribution >= 4 is 0 Å². The summed E-state index contributed by atoms with van der Waals surface area (Å²) in [6.07, 6.45) is 8.40. The molecule has 1 saturated heterocycles. The van der Waals surface area contributed by atoms with Crippen LogP contribution in [0.2, 0.25) is 0 Å². The highest BCUT2D eigenvalue weighted by molar-refractivity contribution is 5.20. The van der Waals surface area contributed by atoms with Crippen molar-refractivity contribution < 1.29 is 0 Å². The van der Waals surface area contributed by atoms with Gasteiger partial charge in [-0.1, -0.05) is 56.5 Å². The number of piperazine rings is 1. The van der Waals surface area contributed by atoms with Crippen molar-refractivity contribution in [2.75, 3.05) is 19.6 Å². The van der Waals surface area contributed by atoms with E-state index in [1.165, 1.54) is 63.7 Å². The van der Waals surface area contributed by atoms with Gasteiger partial charge in [0.05, 0.1) is 0 Å². The van der Waals surface area contributed by atoms with Crippen LogP contribution in [0.3, 0.4) is 0 Å². The average Bonchev–Trinajstić information content (AvgIpc) is 3.37. The third-order valence-electron chi connectivity index (χ3n) is 5.13. The Morgan fingerprint density at radius 1 is 1.10 bits per heavy atom. The third-order valence-corrected chi connectivity index (χ3v) is 5.13. The van der Waals surface area contributed by atoms with Crippen LogP contribution < -0.4 is 5.32 Å². The fourth-order valence-corrected chi connectivity index (χ4v) is 3.68. The molecule has 0 bridgehead atoms. The summed E-state index contributed by atoms with van der Waals surface area (Å²) in [5.41, 5.74) is 1.45. The van der Waals surface area contributed by atoms with Gasteiger partial charge in [0.15, 0.2) is 0 Å². The van der Waals surface area contributed by atoms with E-state index in [9.17, 15) is 0 Å². The van der Waals surface area contributed by atoms with E-state index in [4.69, 9.17) is 0 Å². The molecule has 2 atom stereocenters. The van der Waals surface area contributed by atoms with Crippen molar-refractivity contribution in [3.63, 3.8) is 0 Å². The van der Waals surface area contributed by atoms with Crippen LogP contribution in [0, 0.1) is 5.92 Å². The molecule has 21 heavy (non-hydrogen) atoms. The van der Waals surface area contributed by atoms with E-state index in [-0.39, 0.29) is 0 Å². The standard InChI is InChI=1S/C19H30N2/c1-2-3-4-8-13-21-15-18(16-9-6-5-7-10-16)20-14-19(21)17-11-12-17/h5-7,9-10,17-20H,2-4,8,11-15H2,1H3. The predicted octanol–water partition coefficient (Wildman–Crippen LogP) is 3.99. The summed E-state index contributed by atoms with van der Waals surface area (Å²) >= 11 is 0. The van der Waals surface area contributed by atoms with Crippen LogP contribution in [0.5, 0.6) is 0 Å². The molecule has 1 aliphatic carbocycles. The van der Waals surface area contributed by atoms with Crippen LogP contribution in [-0.4, -0.2) is 30.6 Å². The van der Waals surface area contributed by atoms with Gasteiger partial charge in [-0.3, -0.25) is 4.90 Å². The van der Waals surface area contributed by atoms with E-state index < -0.39 is 0 Å². The number of hydrogen-bond donors (Lipinski definition) is 1. The summed E-state index contributed by atoms with van der Waals surface area (Å²) in [6.45, 7) is 5.96. The van der Waals surface area contributed by atoms with Crippen molar-refractivity contribution in [3.05, 3.63) is 35.9 Å². The molecule has 2 heteroatoms. The average molecular weight is 286 g/mol. The number of benzene rings is 1. The Morgan fingerprint density at radius 2 is 1.90 bits per heavy atom.